The number of carboxylic acids is 1. The Balaban J connectivity index is 1.68. The molecule has 0 spiro atoms. The summed E-state index contributed by atoms with van der Waals surface area (Å²) in [7, 11) is 1.52. The van der Waals surface area contributed by atoms with Crippen LogP contribution in [0.15, 0.2) is 57.7 Å². The van der Waals surface area contributed by atoms with Gasteiger partial charge in [-0.2, -0.15) is 11.8 Å². The number of carbonyl (C=O) groups is 2. The van der Waals surface area contributed by atoms with Gasteiger partial charge < -0.3 is 19.6 Å². The zero-order chi connectivity index (χ0) is 22.4. The minimum absolute atomic E-state index is 0.205. The second-order valence-corrected chi connectivity index (χ2v) is 8.02. The molecule has 2 N–H and O–H groups in total. The third kappa shape index (κ3) is 5.67. The van der Waals surface area contributed by atoms with Gasteiger partial charge in [0.25, 0.3) is 0 Å². The van der Waals surface area contributed by atoms with E-state index in [1.165, 1.54) is 18.9 Å². The summed E-state index contributed by atoms with van der Waals surface area (Å²) in [5.74, 6) is -0.268. The lowest BCUT2D eigenvalue weighted by molar-refractivity contribution is -0.141. The molecule has 162 valence electrons. The molecule has 0 unspecified atom stereocenters. The van der Waals surface area contributed by atoms with Gasteiger partial charge in [-0.15, -0.1) is 0 Å². The molecule has 7 nitrogen and oxygen atoms in total. The number of rotatable bonds is 9. The van der Waals surface area contributed by atoms with E-state index in [1.54, 1.807) is 25.1 Å². The Kier molecular flexibility index (Phi) is 7.36. The molecule has 1 heterocycles. The van der Waals surface area contributed by atoms with Crippen LogP contribution in [0.25, 0.3) is 11.0 Å². The number of hydrogen-bond acceptors (Lipinski definition) is 6. The fourth-order valence-corrected chi connectivity index (χ4v) is 4.16. The minimum Gasteiger partial charge on any atom is -0.497 e. The summed E-state index contributed by atoms with van der Waals surface area (Å²) in [4.78, 5) is 36.5. The Hall–Kier alpha value is -3.26. The fraction of sp³-hybridized carbons (Fsp3) is 0.261. The SMILES string of the molecule is COc1ccc2c(C)c(CC(=O)N[C@@H](CSCc3ccccc3)C(=O)O)c(=O)oc2c1. The predicted octanol–water partition coefficient (Wildman–Crippen LogP) is 3.16. The van der Waals surface area contributed by atoms with E-state index in [4.69, 9.17) is 9.15 Å². The molecular weight excluding hydrogens is 418 g/mol. The Labute approximate surface area is 183 Å². The van der Waals surface area contributed by atoms with Crippen molar-refractivity contribution in [1.82, 2.24) is 5.32 Å². The van der Waals surface area contributed by atoms with Crippen molar-refractivity contribution in [3.63, 3.8) is 0 Å². The van der Waals surface area contributed by atoms with E-state index in [0.29, 0.717) is 28.0 Å². The van der Waals surface area contributed by atoms with Gasteiger partial charge in [-0.25, -0.2) is 9.59 Å². The number of nitrogens with one attached hydrogen (secondary N) is 1. The quantitative estimate of drug-likeness (QED) is 0.491. The normalized spacial score (nSPS) is 11.8. The molecule has 1 amide bonds. The van der Waals surface area contributed by atoms with E-state index in [0.717, 1.165) is 5.56 Å². The maximum absolute atomic E-state index is 12.5. The van der Waals surface area contributed by atoms with Gasteiger partial charge in [0.15, 0.2) is 0 Å². The molecule has 0 fully saturated rings. The van der Waals surface area contributed by atoms with Gasteiger partial charge in [0.2, 0.25) is 5.91 Å². The molecule has 0 bridgehead atoms. The largest absolute Gasteiger partial charge is 0.497 e. The third-order valence-electron chi connectivity index (χ3n) is 4.86. The molecule has 8 heteroatoms. The molecule has 3 aromatic rings. The number of methoxy groups -OCH3 is 1. The first-order valence-electron chi connectivity index (χ1n) is 9.63. The van der Waals surface area contributed by atoms with E-state index in [2.05, 4.69) is 5.32 Å². The number of aryl methyl sites for hydroxylation is 1. The van der Waals surface area contributed by atoms with Crippen molar-refractivity contribution in [2.24, 2.45) is 0 Å². The summed E-state index contributed by atoms with van der Waals surface area (Å²) < 4.78 is 10.5. The van der Waals surface area contributed by atoms with Gasteiger partial charge in [0.1, 0.15) is 17.4 Å². The zero-order valence-corrected chi connectivity index (χ0v) is 18.0. The van der Waals surface area contributed by atoms with Crippen LogP contribution >= 0.6 is 11.8 Å². The van der Waals surface area contributed by atoms with Gasteiger partial charge in [-0.05, 0) is 30.2 Å². The summed E-state index contributed by atoms with van der Waals surface area (Å²) in [6, 6.07) is 13.7. The monoisotopic (exact) mass is 441 g/mol. The minimum atomic E-state index is -1.12. The van der Waals surface area contributed by atoms with Crippen LogP contribution in [-0.4, -0.2) is 35.9 Å². The Bertz CT molecular complexity index is 1140. The van der Waals surface area contributed by atoms with E-state index < -0.39 is 23.5 Å². The summed E-state index contributed by atoms with van der Waals surface area (Å²) in [6.07, 6.45) is -0.261. The highest BCUT2D eigenvalue weighted by Gasteiger charge is 2.22. The number of amides is 1. The Morgan fingerprint density at radius 3 is 2.61 bits per heavy atom. The van der Waals surface area contributed by atoms with Crippen molar-refractivity contribution in [1.29, 1.82) is 0 Å². The summed E-state index contributed by atoms with van der Waals surface area (Å²) in [5, 5.41) is 12.7. The zero-order valence-electron chi connectivity index (χ0n) is 17.2. The molecule has 1 atom stereocenters. The van der Waals surface area contributed by atoms with Gasteiger partial charge in [0.05, 0.1) is 19.1 Å². The molecule has 1 aromatic heterocycles. The standard InChI is InChI=1S/C23H23NO6S/c1-14-17-9-8-16(29-2)10-20(17)30-23(28)18(14)11-21(25)24-19(22(26)27)13-31-12-15-6-4-3-5-7-15/h3-10,19H,11-13H2,1-2H3,(H,24,25)(H,26,27)/t19-/m0/s1. The van der Waals surface area contributed by atoms with Gasteiger partial charge >= 0.3 is 11.6 Å². The number of ether oxygens (including phenoxy) is 1. The number of carbonyl (C=O) groups excluding carboxylic acids is 1. The summed E-state index contributed by atoms with van der Waals surface area (Å²) in [5.41, 5.74) is 1.64. The second-order valence-electron chi connectivity index (χ2n) is 6.99. The van der Waals surface area contributed by atoms with E-state index in [1.807, 2.05) is 30.3 Å². The van der Waals surface area contributed by atoms with Crippen LogP contribution in [0.3, 0.4) is 0 Å². The van der Waals surface area contributed by atoms with E-state index in [-0.39, 0.29) is 17.7 Å². The van der Waals surface area contributed by atoms with Crippen molar-refractivity contribution >= 4 is 34.6 Å². The maximum atomic E-state index is 12.5. The number of hydrogen-bond donors (Lipinski definition) is 2. The number of aliphatic carboxylic acids is 1. The topological polar surface area (TPSA) is 106 Å². The average Bonchev–Trinajstić information content (AvgIpc) is 2.76. The highest BCUT2D eigenvalue weighted by molar-refractivity contribution is 7.98. The molecule has 0 aliphatic carbocycles. The van der Waals surface area contributed by atoms with Crippen LogP contribution < -0.4 is 15.7 Å². The Morgan fingerprint density at radius 1 is 1.19 bits per heavy atom. The van der Waals surface area contributed by atoms with Gasteiger partial charge in [0, 0.05) is 23.0 Å². The molecule has 0 aliphatic heterocycles. The molecule has 0 radical (unpaired) electrons. The molecule has 0 saturated carbocycles. The number of thioether (sulfide) groups is 1. The van der Waals surface area contributed by atoms with Crippen molar-refractivity contribution < 1.29 is 23.8 Å². The van der Waals surface area contributed by atoms with Crippen molar-refractivity contribution in [3.05, 3.63) is 75.6 Å². The number of benzene rings is 2. The van der Waals surface area contributed by atoms with E-state index >= 15 is 0 Å². The molecular formula is C23H23NO6S. The van der Waals surface area contributed by atoms with Crippen LogP contribution in [0.5, 0.6) is 5.75 Å². The van der Waals surface area contributed by atoms with E-state index in [9.17, 15) is 19.5 Å². The number of fused-ring (bicyclic) bond motifs is 1. The molecule has 31 heavy (non-hydrogen) atoms. The average molecular weight is 442 g/mol. The second kappa shape index (κ2) is 10.2. The fourth-order valence-electron chi connectivity index (χ4n) is 3.16. The van der Waals surface area contributed by atoms with Crippen LogP contribution in [0.1, 0.15) is 16.7 Å². The molecule has 2 aromatic carbocycles. The van der Waals surface area contributed by atoms with Crippen LogP contribution in [-0.2, 0) is 21.8 Å². The highest BCUT2D eigenvalue weighted by Crippen LogP contribution is 2.24. The first kappa shape index (κ1) is 22.4. The highest BCUT2D eigenvalue weighted by atomic mass is 32.2. The van der Waals surface area contributed by atoms with Crippen molar-refractivity contribution in [2.45, 2.75) is 25.1 Å². The third-order valence-corrected chi connectivity index (χ3v) is 5.97. The lowest BCUT2D eigenvalue weighted by Crippen LogP contribution is -2.43. The lowest BCUT2D eigenvalue weighted by Gasteiger charge is -2.15. The summed E-state index contributed by atoms with van der Waals surface area (Å²) in [6.45, 7) is 1.73. The first-order valence-corrected chi connectivity index (χ1v) is 10.8. The maximum Gasteiger partial charge on any atom is 0.340 e. The van der Waals surface area contributed by atoms with Crippen LogP contribution in [0.2, 0.25) is 0 Å². The van der Waals surface area contributed by atoms with Crippen LogP contribution in [0, 0.1) is 6.92 Å². The Morgan fingerprint density at radius 2 is 1.94 bits per heavy atom. The lowest BCUT2D eigenvalue weighted by atomic mass is 10.0. The smallest absolute Gasteiger partial charge is 0.340 e. The van der Waals surface area contributed by atoms with Gasteiger partial charge in [-0.3, -0.25) is 4.79 Å². The molecule has 3 rings (SSSR count). The molecule has 0 aliphatic rings. The van der Waals surface area contributed by atoms with Crippen molar-refractivity contribution in [2.75, 3.05) is 12.9 Å². The van der Waals surface area contributed by atoms with Crippen LogP contribution in [0.4, 0.5) is 0 Å². The molecule has 0 saturated heterocycles. The number of carboxylic acid groups (broad SMARTS) is 1. The van der Waals surface area contributed by atoms with Gasteiger partial charge in [-0.1, -0.05) is 30.3 Å². The predicted molar refractivity (Wildman–Crippen MR) is 120 cm³/mol. The first-order chi connectivity index (χ1) is 14.9. The van der Waals surface area contributed by atoms with Crippen molar-refractivity contribution in [3.8, 4) is 5.75 Å². The summed E-state index contributed by atoms with van der Waals surface area (Å²) >= 11 is 1.42.